The number of ether oxygens (including phenoxy) is 1. The van der Waals surface area contributed by atoms with Crippen LogP contribution in [0.2, 0.25) is 0 Å². The van der Waals surface area contributed by atoms with Gasteiger partial charge in [-0.3, -0.25) is 4.79 Å². The van der Waals surface area contributed by atoms with Crippen LogP contribution >= 0.6 is 0 Å². The molecule has 2 unspecified atom stereocenters. The summed E-state index contributed by atoms with van der Waals surface area (Å²) in [6, 6.07) is 10.5. The van der Waals surface area contributed by atoms with E-state index in [0.29, 0.717) is 37.9 Å². The number of hydrogen-bond donors (Lipinski definition) is 2. The highest BCUT2D eigenvalue weighted by atomic mass is 19.1. The van der Waals surface area contributed by atoms with Gasteiger partial charge in [0.2, 0.25) is 5.91 Å². The normalized spacial score (nSPS) is 20.0. The fraction of sp³-hybridized carbons (Fsp3) is 0.360. The average molecular weight is 456 g/mol. The van der Waals surface area contributed by atoms with Crippen molar-refractivity contribution in [2.45, 2.75) is 38.3 Å². The van der Waals surface area contributed by atoms with Gasteiger partial charge in [-0.05, 0) is 48.1 Å². The number of piperazine rings is 1. The molecule has 2 heterocycles. The minimum absolute atomic E-state index is 0.0193. The van der Waals surface area contributed by atoms with Crippen molar-refractivity contribution < 1.29 is 28.2 Å². The number of benzene rings is 2. The van der Waals surface area contributed by atoms with Crippen molar-refractivity contribution in [1.29, 1.82) is 0 Å². The number of hydrogen-bond acceptors (Lipinski definition) is 4. The van der Waals surface area contributed by atoms with Crippen LogP contribution in [0, 0.1) is 11.6 Å². The summed E-state index contributed by atoms with van der Waals surface area (Å²) in [6.07, 6.45) is 1.84. The highest BCUT2D eigenvalue weighted by molar-refractivity contribution is 5.98. The Labute approximate surface area is 190 Å². The number of fused-ring (bicyclic) bond motifs is 2. The number of carbonyl (C=O) groups is 2. The van der Waals surface area contributed by atoms with E-state index in [0.717, 1.165) is 34.9 Å². The Morgan fingerprint density at radius 3 is 2.61 bits per heavy atom. The van der Waals surface area contributed by atoms with E-state index in [9.17, 15) is 23.5 Å². The van der Waals surface area contributed by atoms with Crippen LogP contribution in [-0.4, -0.2) is 53.7 Å². The number of carbonyl (C=O) groups excluding carboxylic acids is 1. The van der Waals surface area contributed by atoms with Crippen molar-refractivity contribution in [3.8, 4) is 5.75 Å². The zero-order valence-electron chi connectivity index (χ0n) is 18.3. The first kappa shape index (κ1) is 22.9. The third kappa shape index (κ3) is 5.22. The summed E-state index contributed by atoms with van der Waals surface area (Å²) in [5, 5.41) is 13.2. The lowest BCUT2D eigenvalue weighted by Crippen LogP contribution is -2.61. The summed E-state index contributed by atoms with van der Waals surface area (Å²) in [7, 11) is 0. The Hall–Kier alpha value is -3.26. The fourth-order valence-corrected chi connectivity index (χ4v) is 4.54. The molecule has 1 amide bonds. The Kier molecular flexibility index (Phi) is 6.74. The van der Waals surface area contributed by atoms with Gasteiger partial charge in [-0.2, -0.15) is 0 Å². The molecule has 2 aromatic carbocycles. The maximum atomic E-state index is 13.6. The van der Waals surface area contributed by atoms with Crippen molar-refractivity contribution in [1.82, 2.24) is 10.2 Å². The first-order chi connectivity index (χ1) is 15.8. The Morgan fingerprint density at radius 2 is 1.91 bits per heavy atom. The molecule has 0 radical (unpaired) electrons. The van der Waals surface area contributed by atoms with E-state index in [-0.39, 0.29) is 24.3 Å². The van der Waals surface area contributed by atoms with Crippen molar-refractivity contribution in [2.24, 2.45) is 0 Å². The fourth-order valence-electron chi connectivity index (χ4n) is 4.54. The molecule has 4 rings (SSSR count). The Bertz CT molecular complexity index is 1080. The number of halogens is 2. The molecular formula is C25H26F2N2O4. The van der Waals surface area contributed by atoms with Gasteiger partial charge in [0.15, 0.2) is 11.6 Å². The zero-order valence-corrected chi connectivity index (χ0v) is 18.3. The smallest absolute Gasteiger partial charge is 0.333 e. The van der Waals surface area contributed by atoms with Gasteiger partial charge in [0.05, 0.1) is 18.2 Å². The maximum Gasteiger partial charge on any atom is 0.333 e. The Morgan fingerprint density at radius 1 is 1.15 bits per heavy atom. The van der Waals surface area contributed by atoms with Gasteiger partial charge in [-0.25, -0.2) is 13.6 Å². The van der Waals surface area contributed by atoms with Crippen molar-refractivity contribution in [3.63, 3.8) is 0 Å². The second-order valence-corrected chi connectivity index (χ2v) is 8.47. The summed E-state index contributed by atoms with van der Waals surface area (Å²) in [4.78, 5) is 25.6. The lowest BCUT2D eigenvalue weighted by atomic mass is 9.83. The molecule has 1 fully saturated rings. The molecule has 2 aromatic rings. The number of rotatable bonds is 7. The van der Waals surface area contributed by atoms with Crippen molar-refractivity contribution in [3.05, 3.63) is 70.8 Å². The standard InChI is InChI=1S/C25H26F2N2O4/c1-15(30)29-13-19-12-20(24(25(31)32)22(14-29)28-19)17-6-4-16(5-7-17)3-2-10-33-23-11-18(26)8-9-21(23)27/h4-9,11,19,22,28H,2-3,10,12-14H2,1H3,(H,31,32). The summed E-state index contributed by atoms with van der Waals surface area (Å²) in [6.45, 7) is 2.66. The van der Waals surface area contributed by atoms with Crippen LogP contribution in [0.25, 0.3) is 5.57 Å². The number of nitrogens with zero attached hydrogens (tertiary/aromatic N) is 1. The highest BCUT2D eigenvalue weighted by Gasteiger charge is 2.38. The summed E-state index contributed by atoms with van der Waals surface area (Å²) < 4.78 is 32.2. The van der Waals surface area contributed by atoms with Gasteiger partial charge in [0.1, 0.15) is 5.82 Å². The van der Waals surface area contributed by atoms with Gasteiger partial charge < -0.3 is 20.1 Å². The largest absolute Gasteiger partial charge is 0.490 e. The monoisotopic (exact) mass is 456 g/mol. The zero-order chi connectivity index (χ0) is 23.5. The lowest BCUT2D eigenvalue weighted by Gasteiger charge is -2.43. The maximum absolute atomic E-state index is 13.6. The lowest BCUT2D eigenvalue weighted by molar-refractivity contribution is -0.135. The van der Waals surface area contributed by atoms with Crippen molar-refractivity contribution in [2.75, 3.05) is 19.7 Å². The average Bonchev–Trinajstić information content (AvgIpc) is 2.78. The van der Waals surface area contributed by atoms with Gasteiger partial charge in [-0.1, -0.05) is 24.3 Å². The molecule has 33 heavy (non-hydrogen) atoms. The number of carboxylic acid groups (broad SMARTS) is 1. The molecular weight excluding hydrogens is 430 g/mol. The third-order valence-corrected chi connectivity index (χ3v) is 6.14. The molecule has 2 bridgehead atoms. The molecule has 2 aliphatic heterocycles. The quantitative estimate of drug-likeness (QED) is 0.625. The summed E-state index contributed by atoms with van der Waals surface area (Å²) in [5.41, 5.74) is 3.02. The van der Waals surface area contributed by atoms with Gasteiger partial charge in [0.25, 0.3) is 0 Å². The van der Waals surface area contributed by atoms with E-state index < -0.39 is 23.6 Å². The topological polar surface area (TPSA) is 78.9 Å². The van der Waals surface area contributed by atoms with Crippen LogP contribution in [0.5, 0.6) is 5.75 Å². The van der Waals surface area contributed by atoms with Crippen LogP contribution in [0.1, 0.15) is 30.9 Å². The first-order valence-corrected chi connectivity index (χ1v) is 11.0. The summed E-state index contributed by atoms with van der Waals surface area (Å²) in [5.74, 6) is -2.27. The molecule has 2 atom stereocenters. The third-order valence-electron chi connectivity index (χ3n) is 6.14. The van der Waals surface area contributed by atoms with Crippen molar-refractivity contribution >= 4 is 17.4 Å². The highest BCUT2D eigenvalue weighted by Crippen LogP contribution is 2.33. The second kappa shape index (κ2) is 9.70. The van der Waals surface area contributed by atoms with Crippen LogP contribution < -0.4 is 10.1 Å². The minimum Gasteiger partial charge on any atom is -0.490 e. The second-order valence-electron chi connectivity index (χ2n) is 8.47. The van der Waals surface area contributed by atoms with E-state index in [4.69, 9.17) is 4.74 Å². The van der Waals surface area contributed by atoms with E-state index in [2.05, 4.69) is 5.32 Å². The van der Waals surface area contributed by atoms with Crippen LogP contribution in [0.15, 0.2) is 48.0 Å². The molecule has 1 saturated heterocycles. The number of nitrogens with one attached hydrogen (secondary N) is 1. The SMILES string of the molecule is CC(=O)N1CC2CC(c3ccc(CCCOc4cc(F)ccc4F)cc3)=C(C(=O)O)C(C1)N2. The molecule has 0 saturated carbocycles. The van der Waals surface area contributed by atoms with Crippen LogP contribution in [0.4, 0.5) is 8.78 Å². The number of amides is 1. The van der Waals surface area contributed by atoms with Crippen LogP contribution in [0.3, 0.4) is 0 Å². The molecule has 8 heteroatoms. The Balaban J connectivity index is 1.41. The first-order valence-electron chi connectivity index (χ1n) is 11.0. The van der Waals surface area contributed by atoms with Gasteiger partial charge in [0, 0.05) is 32.1 Å². The number of aryl methyl sites for hydroxylation is 1. The molecule has 2 aliphatic rings. The summed E-state index contributed by atoms with van der Waals surface area (Å²) >= 11 is 0. The van der Waals surface area contributed by atoms with Gasteiger partial charge >= 0.3 is 5.97 Å². The molecule has 6 nitrogen and oxygen atoms in total. The molecule has 0 aromatic heterocycles. The molecule has 0 spiro atoms. The van der Waals surface area contributed by atoms with Gasteiger partial charge in [-0.15, -0.1) is 0 Å². The minimum atomic E-state index is -0.975. The van der Waals surface area contributed by atoms with E-state index >= 15 is 0 Å². The predicted molar refractivity (Wildman–Crippen MR) is 119 cm³/mol. The number of aliphatic carboxylic acids is 1. The molecule has 2 N–H and O–H groups in total. The van der Waals surface area contributed by atoms with E-state index in [1.807, 2.05) is 24.3 Å². The van der Waals surface area contributed by atoms with E-state index in [1.54, 1.807) is 4.90 Å². The molecule has 0 aliphatic carbocycles. The van der Waals surface area contributed by atoms with E-state index in [1.165, 1.54) is 6.92 Å². The molecule has 174 valence electrons. The van der Waals surface area contributed by atoms with Crippen LogP contribution in [-0.2, 0) is 16.0 Å². The predicted octanol–water partition coefficient (Wildman–Crippen LogP) is 3.41. The number of carboxylic acids is 1.